The molecule has 3 rings (SSSR count). The van der Waals surface area contributed by atoms with Crippen molar-refractivity contribution in [3.8, 4) is 0 Å². The van der Waals surface area contributed by atoms with Gasteiger partial charge in [0.25, 0.3) is 0 Å². The number of piperazine rings is 1. The van der Waals surface area contributed by atoms with Gasteiger partial charge in [0.15, 0.2) is 0 Å². The van der Waals surface area contributed by atoms with Crippen LogP contribution in [0.3, 0.4) is 0 Å². The van der Waals surface area contributed by atoms with E-state index in [0.29, 0.717) is 6.54 Å². The molecular weight excluding hydrogens is 342 g/mol. The van der Waals surface area contributed by atoms with E-state index in [2.05, 4.69) is 10.6 Å². The van der Waals surface area contributed by atoms with E-state index in [1.54, 1.807) is 0 Å². The topological polar surface area (TPSA) is 78.5 Å². The van der Waals surface area contributed by atoms with E-state index in [0.717, 1.165) is 22.4 Å². The third-order valence-electron chi connectivity index (χ3n) is 4.55. The van der Waals surface area contributed by atoms with Crippen LogP contribution < -0.4 is 10.6 Å². The third kappa shape index (κ3) is 4.73. The summed E-state index contributed by atoms with van der Waals surface area (Å²) in [6.07, 6.45) is -0.0940. The lowest BCUT2D eigenvalue weighted by Gasteiger charge is -2.32. The van der Waals surface area contributed by atoms with Gasteiger partial charge in [0.1, 0.15) is 6.04 Å². The molecule has 0 unspecified atom stereocenters. The van der Waals surface area contributed by atoms with E-state index in [-0.39, 0.29) is 30.7 Å². The first-order valence-electron chi connectivity index (χ1n) is 8.91. The average Bonchev–Trinajstić information content (AvgIpc) is 2.63. The van der Waals surface area contributed by atoms with Gasteiger partial charge in [-0.3, -0.25) is 14.4 Å². The number of hydrogen-bond donors (Lipinski definition) is 2. The number of carbonyl (C=O) groups is 3. The lowest BCUT2D eigenvalue weighted by atomic mass is 10.1. The normalized spacial score (nSPS) is 16.8. The molecule has 1 atom stereocenters. The van der Waals surface area contributed by atoms with Crippen LogP contribution in [0.15, 0.2) is 48.5 Å². The summed E-state index contributed by atoms with van der Waals surface area (Å²) in [5.41, 5.74) is 3.64. The minimum Gasteiger partial charge on any atom is -0.342 e. The molecule has 0 saturated carbocycles. The fourth-order valence-corrected chi connectivity index (χ4v) is 3.11. The summed E-state index contributed by atoms with van der Waals surface area (Å²) < 4.78 is 0. The number of rotatable bonds is 5. The number of benzene rings is 2. The summed E-state index contributed by atoms with van der Waals surface area (Å²) in [6, 6.07) is 14.4. The van der Waals surface area contributed by atoms with Crippen molar-refractivity contribution < 1.29 is 14.4 Å². The van der Waals surface area contributed by atoms with Crippen LogP contribution in [0.5, 0.6) is 0 Å². The molecule has 1 aliphatic heterocycles. The van der Waals surface area contributed by atoms with Crippen molar-refractivity contribution in [2.75, 3.05) is 11.9 Å². The summed E-state index contributed by atoms with van der Waals surface area (Å²) in [5, 5.41) is 5.47. The Morgan fingerprint density at radius 2 is 1.89 bits per heavy atom. The van der Waals surface area contributed by atoms with E-state index < -0.39 is 6.04 Å². The van der Waals surface area contributed by atoms with Crippen LogP contribution in [0.2, 0.25) is 0 Å². The summed E-state index contributed by atoms with van der Waals surface area (Å²) in [6.45, 7) is 4.21. The van der Waals surface area contributed by atoms with Gasteiger partial charge in [0.2, 0.25) is 17.7 Å². The highest BCUT2D eigenvalue weighted by atomic mass is 16.2. The van der Waals surface area contributed by atoms with Crippen molar-refractivity contribution >= 4 is 23.4 Å². The van der Waals surface area contributed by atoms with Gasteiger partial charge in [-0.25, -0.2) is 0 Å². The number of aryl methyl sites for hydroxylation is 2. The second-order valence-electron chi connectivity index (χ2n) is 6.87. The second-order valence-corrected chi connectivity index (χ2v) is 6.87. The fourth-order valence-electron chi connectivity index (χ4n) is 3.11. The first-order chi connectivity index (χ1) is 12.9. The number of hydrogen-bond acceptors (Lipinski definition) is 3. The number of carbonyl (C=O) groups excluding carboxylic acids is 3. The summed E-state index contributed by atoms with van der Waals surface area (Å²) in [5.74, 6) is -0.798. The SMILES string of the molecule is Cc1ccc(C)c(NC(=O)C[C@H]2NC(=O)CN(Cc3ccccc3)C2=O)c1. The molecule has 6 heteroatoms. The van der Waals surface area contributed by atoms with Crippen LogP contribution in [0.4, 0.5) is 5.69 Å². The third-order valence-corrected chi connectivity index (χ3v) is 4.55. The Morgan fingerprint density at radius 3 is 2.63 bits per heavy atom. The predicted octanol–water partition coefficient (Wildman–Crippen LogP) is 2.16. The van der Waals surface area contributed by atoms with Crippen LogP contribution in [0.1, 0.15) is 23.1 Å². The predicted molar refractivity (Wildman–Crippen MR) is 103 cm³/mol. The largest absolute Gasteiger partial charge is 0.342 e. The Labute approximate surface area is 158 Å². The number of anilines is 1. The van der Waals surface area contributed by atoms with Gasteiger partial charge >= 0.3 is 0 Å². The van der Waals surface area contributed by atoms with Crippen molar-refractivity contribution in [3.05, 3.63) is 65.2 Å². The molecule has 0 aliphatic carbocycles. The molecule has 1 aliphatic rings. The average molecular weight is 365 g/mol. The molecule has 0 aromatic heterocycles. The summed E-state index contributed by atoms with van der Waals surface area (Å²) in [7, 11) is 0. The molecule has 1 heterocycles. The molecular formula is C21H23N3O3. The maximum atomic E-state index is 12.7. The molecule has 140 valence electrons. The molecule has 0 spiro atoms. The first kappa shape index (κ1) is 18.6. The van der Waals surface area contributed by atoms with Gasteiger partial charge in [-0.1, -0.05) is 42.5 Å². The zero-order valence-corrected chi connectivity index (χ0v) is 15.5. The highest BCUT2D eigenvalue weighted by molar-refractivity contribution is 6.00. The Balaban J connectivity index is 1.66. The molecule has 27 heavy (non-hydrogen) atoms. The van der Waals surface area contributed by atoms with Gasteiger partial charge in [-0.15, -0.1) is 0 Å². The maximum Gasteiger partial charge on any atom is 0.246 e. The highest BCUT2D eigenvalue weighted by Crippen LogP contribution is 2.17. The van der Waals surface area contributed by atoms with E-state index in [4.69, 9.17) is 0 Å². The summed E-state index contributed by atoms with van der Waals surface area (Å²) >= 11 is 0. The minimum atomic E-state index is -0.847. The van der Waals surface area contributed by atoms with Crippen LogP contribution in [-0.2, 0) is 20.9 Å². The Morgan fingerprint density at radius 1 is 1.15 bits per heavy atom. The van der Waals surface area contributed by atoms with E-state index in [1.807, 2.05) is 62.4 Å². The zero-order chi connectivity index (χ0) is 19.4. The van der Waals surface area contributed by atoms with Crippen LogP contribution >= 0.6 is 0 Å². The molecule has 2 N–H and O–H groups in total. The Hall–Kier alpha value is -3.15. The smallest absolute Gasteiger partial charge is 0.246 e. The lowest BCUT2D eigenvalue weighted by molar-refractivity contribution is -0.145. The monoisotopic (exact) mass is 365 g/mol. The van der Waals surface area contributed by atoms with Gasteiger partial charge in [0, 0.05) is 12.2 Å². The number of nitrogens with one attached hydrogen (secondary N) is 2. The molecule has 2 aromatic rings. The zero-order valence-electron chi connectivity index (χ0n) is 15.5. The van der Waals surface area contributed by atoms with Gasteiger partial charge in [-0.05, 0) is 36.6 Å². The van der Waals surface area contributed by atoms with Crippen LogP contribution in [-0.4, -0.2) is 35.2 Å². The van der Waals surface area contributed by atoms with Crippen molar-refractivity contribution in [2.45, 2.75) is 32.9 Å². The van der Waals surface area contributed by atoms with Crippen molar-refractivity contribution in [3.63, 3.8) is 0 Å². The van der Waals surface area contributed by atoms with E-state index >= 15 is 0 Å². The standard InChI is InChI=1S/C21H23N3O3/c1-14-8-9-15(2)17(10-14)22-19(25)11-18-21(27)24(13-20(26)23-18)12-16-6-4-3-5-7-16/h3-10,18H,11-13H2,1-2H3,(H,22,25)(H,23,26)/t18-/m1/s1. The maximum absolute atomic E-state index is 12.7. The Bertz CT molecular complexity index is 864. The quantitative estimate of drug-likeness (QED) is 0.852. The minimum absolute atomic E-state index is 0.00281. The van der Waals surface area contributed by atoms with Gasteiger partial charge < -0.3 is 15.5 Å². The first-order valence-corrected chi connectivity index (χ1v) is 8.91. The number of nitrogens with zero attached hydrogens (tertiary/aromatic N) is 1. The molecule has 1 saturated heterocycles. The fraction of sp³-hybridized carbons (Fsp3) is 0.286. The molecule has 6 nitrogen and oxygen atoms in total. The van der Waals surface area contributed by atoms with Crippen molar-refractivity contribution in [2.24, 2.45) is 0 Å². The van der Waals surface area contributed by atoms with Gasteiger partial charge in [-0.2, -0.15) is 0 Å². The molecule has 1 fully saturated rings. The molecule has 3 amide bonds. The molecule has 2 aromatic carbocycles. The number of amides is 3. The van der Waals surface area contributed by atoms with Crippen LogP contribution in [0, 0.1) is 13.8 Å². The van der Waals surface area contributed by atoms with Gasteiger partial charge in [0.05, 0.1) is 13.0 Å². The molecule has 0 bridgehead atoms. The highest BCUT2D eigenvalue weighted by Gasteiger charge is 2.34. The van der Waals surface area contributed by atoms with E-state index in [1.165, 1.54) is 4.90 Å². The van der Waals surface area contributed by atoms with Crippen molar-refractivity contribution in [1.82, 2.24) is 10.2 Å². The Kier molecular flexibility index (Phi) is 5.54. The van der Waals surface area contributed by atoms with E-state index in [9.17, 15) is 14.4 Å². The summed E-state index contributed by atoms with van der Waals surface area (Å²) in [4.78, 5) is 38.7. The second kappa shape index (κ2) is 8.03. The van der Waals surface area contributed by atoms with Crippen LogP contribution in [0.25, 0.3) is 0 Å². The lowest BCUT2D eigenvalue weighted by Crippen LogP contribution is -2.58. The molecule has 0 radical (unpaired) electrons. The van der Waals surface area contributed by atoms with Crippen molar-refractivity contribution in [1.29, 1.82) is 0 Å².